The molecule has 0 atom stereocenters. The van der Waals surface area contributed by atoms with Crippen LogP contribution < -0.4 is 16.8 Å². The summed E-state index contributed by atoms with van der Waals surface area (Å²) in [5.74, 6) is 0.357. The fourth-order valence-corrected chi connectivity index (χ4v) is 5.47. The van der Waals surface area contributed by atoms with Crippen LogP contribution in [0.2, 0.25) is 0 Å². The van der Waals surface area contributed by atoms with Crippen LogP contribution in [0.5, 0.6) is 0 Å². The number of anilines is 1. The molecule has 11 heteroatoms. The normalized spacial score (nSPS) is 22.8. The zero-order valence-electron chi connectivity index (χ0n) is 21.5. The molecule has 5 N–H and O–H groups in total. The van der Waals surface area contributed by atoms with Crippen molar-refractivity contribution in [1.29, 1.82) is 0 Å². The van der Waals surface area contributed by atoms with E-state index in [2.05, 4.69) is 24.1 Å². The molecule has 3 aliphatic rings. The Morgan fingerprint density at radius 2 is 1.89 bits per heavy atom. The molecule has 2 aromatic heterocycles. The highest BCUT2D eigenvalue weighted by Gasteiger charge is 2.38. The molecule has 2 heterocycles. The fourth-order valence-electron chi connectivity index (χ4n) is 5.47. The lowest BCUT2D eigenvalue weighted by molar-refractivity contribution is -0.148. The van der Waals surface area contributed by atoms with Gasteiger partial charge in [0.15, 0.2) is 23.1 Å². The lowest BCUT2D eigenvalue weighted by Gasteiger charge is -2.30. The van der Waals surface area contributed by atoms with Crippen LogP contribution in [-0.2, 0) is 22.4 Å². The van der Waals surface area contributed by atoms with Crippen molar-refractivity contribution in [3.63, 3.8) is 0 Å². The molecule has 3 aliphatic carbocycles. The Labute approximate surface area is 215 Å². The van der Waals surface area contributed by atoms with Crippen LogP contribution in [0.15, 0.2) is 6.20 Å². The summed E-state index contributed by atoms with van der Waals surface area (Å²) in [5.41, 5.74) is 13.2. The summed E-state index contributed by atoms with van der Waals surface area (Å²) in [6.45, 7) is 4.04. The van der Waals surface area contributed by atoms with Gasteiger partial charge in [0, 0.05) is 12.5 Å². The van der Waals surface area contributed by atoms with Crippen LogP contribution in [0.3, 0.4) is 0 Å². The van der Waals surface area contributed by atoms with Gasteiger partial charge in [-0.1, -0.05) is 13.8 Å². The van der Waals surface area contributed by atoms with E-state index in [4.69, 9.17) is 26.3 Å². The number of nitrogens with two attached hydrogens (primary N) is 2. The van der Waals surface area contributed by atoms with E-state index < -0.39 is 11.9 Å². The molecule has 0 radical (unpaired) electrons. The second-order valence-electron chi connectivity index (χ2n) is 11.4. The van der Waals surface area contributed by atoms with Crippen molar-refractivity contribution in [1.82, 2.24) is 19.7 Å². The molecule has 2 fully saturated rings. The number of aromatic nitrogens is 4. The maximum atomic E-state index is 13.2. The van der Waals surface area contributed by atoms with Crippen LogP contribution in [-0.4, -0.2) is 56.1 Å². The second kappa shape index (κ2) is 9.85. The second-order valence-corrected chi connectivity index (χ2v) is 11.4. The summed E-state index contributed by atoms with van der Waals surface area (Å²) in [6.07, 6.45) is 8.43. The third-order valence-electron chi connectivity index (χ3n) is 7.49. The molecule has 1 amide bonds. The number of nitrogens with one attached hydrogen (secondary N) is 1. The number of rotatable bonds is 8. The minimum atomic E-state index is -0.680. The topological polar surface area (TPSA) is 168 Å². The fraction of sp³-hybridized carbons (Fsp3) is 0.615. The Bertz CT molecular complexity index is 1230. The Hall–Kier alpha value is -3.34. The van der Waals surface area contributed by atoms with Crippen molar-refractivity contribution in [2.75, 3.05) is 11.9 Å². The van der Waals surface area contributed by atoms with Gasteiger partial charge in [0.2, 0.25) is 0 Å². The summed E-state index contributed by atoms with van der Waals surface area (Å²) in [4.78, 5) is 45.9. The first-order valence-corrected chi connectivity index (χ1v) is 13.1. The summed E-state index contributed by atoms with van der Waals surface area (Å²) >= 11 is 0. The Kier molecular flexibility index (Phi) is 6.74. The van der Waals surface area contributed by atoms with Crippen molar-refractivity contribution in [2.45, 2.75) is 83.8 Å². The van der Waals surface area contributed by atoms with Gasteiger partial charge in [-0.3, -0.25) is 14.4 Å². The van der Waals surface area contributed by atoms with Gasteiger partial charge in [0.25, 0.3) is 5.91 Å². The van der Waals surface area contributed by atoms with Gasteiger partial charge >= 0.3 is 5.97 Å². The van der Waals surface area contributed by atoms with Gasteiger partial charge in [-0.2, -0.15) is 5.10 Å². The molecule has 0 unspecified atom stereocenters. The zero-order valence-corrected chi connectivity index (χ0v) is 21.5. The molecule has 0 spiro atoms. The van der Waals surface area contributed by atoms with E-state index in [1.54, 1.807) is 4.68 Å². The van der Waals surface area contributed by atoms with Crippen molar-refractivity contribution in [2.24, 2.45) is 22.8 Å². The molecule has 37 heavy (non-hydrogen) atoms. The number of ketones is 1. The number of primary amides is 1. The van der Waals surface area contributed by atoms with Gasteiger partial charge in [-0.05, 0) is 62.7 Å². The highest BCUT2D eigenvalue weighted by Crippen LogP contribution is 2.40. The number of esters is 1. The lowest BCUT2D eigenvalue weighted by atomic mass is 9.75. The SMILES string of the molecule is CC1(C)CC(=O)c2c(CC3CC3)nn(-c3cnc(C(N)=O)c(NC4CCC(OC(=O)CN)CC4)n3)c2C1. The number of nitrogens with zero attached hydrogens (tertiary/aromatic N) is 4. The number of amides is 1. The van der Waals surface area contributed by atoms with E-state index >= 15 is 0 Å². The molecule has 11 nitrogen and oxygen atoms in total. The summed E-state index contributed by atoms with van der Waals surface area (Å²) in [6, 6.07) is 0.00736. The van der Waals surface area contributed by atoms with E-state index in [9.17, 15) is 14.4 Å². The van der Waals surface area contributed by atoms with Crippen molar-refractivity contribution in [3.8, 4) is 5.82 Å². The van der Waals surface area contributed by atoms with E-state index in [-0.39, 0.29) is 35.6 Å². The van der Waals surface area contributed by atoms with Crippen molar-refractivity contribution in [3.05, 3.63) is 28.8 Å². The molecule has 0 bridgehead atoms. The number of carbonyl (C=O) groups excluding carboxylic acids is 3. The van der Waals surface area contributed by atoms with E-state index in [1.807, 2.05) is 0 Å². The van der Waals surface area contributed by atoms with E-state index in [0.29, 0.717) is 43.2 Å². The molecule has 0 saturated heterocycles. The van der Waals surface area contributed by atoms with Gasteiger partial charge in [0.05, 0.1) is 29.7 Å². The quantitative estimate of drug-likeness (QED) is 0.451. The number of Topliss-reactive ketones (excluding diaryl/α,β-unsaturated/α-hetero) is 1. The predicted octanol–water partition coefficient (Wildman–Crippen LogP) is 2.09. The average molecular weight is 510 g/mol. The number of hydrogen-bond donors (Lipinski definition) is 3. The van der Waals surface area contributed by atoms with Gasteiger partial charge in [0.1, 0.15) is 6.10 Å². The van der Waals surface area contributed by atoms with Crippen LogP contribution in [0.4, 0.5) is 5.82 Å². The summed E-state index contributed by atoms with van der Waals surface area (Å²) in [7, 11) is 0. The predicted molar refractivity (Wildman–Crippen MR) is 135 cm³/mol. The molecule has 198 valence electrons. The van der Waals surface area contributed by atoms with Gasteiger partial charge in [-0.25, -0.2) is 14.6 Å². The maximum absolute atomic E-state index is 13.2. The van der Waals surface area contributed by atoms with Crippen LogP contribution in [0, 0.1) is 11.3 Å². The zero-order chi connectivity index (χ0) is 26.3. The van der Waals surface area contributed by atoms with E-state index in [1.165, 1.54) is 6.20 Å². The smallest absolute Gasteiger partial charge is 0.319 e. The Morgan fingerprint density at radius 3 is 2.54 bits per heavy atom. The molecule has 2 aromatic rings. The molecular formula is C26H35N7O4. The van der Waals surface area contributed by atoms with E-state index in [0.717, 1.165) is 49.1 Å². The minimum Gasteiger partial charge on any atom is -0.461 e. The monoisotopic (exact) mass is 509 g/mol. The summed E-state index contributed by atoms with van der Waals surface area (Å²) < 4.78 is 7.09. The Morgan fingerprint density at radius 1 is 1.16 bits per heavy atom. The first kappa shape index (κ1) is 25.3. The third-order valence-corrected chi connectivity index (χ3v) is 7.49. The lowest BCUT2D eigenvalue weighted by Crippen LogP contribution is -2.33. The molecule has 5 rings (SSSR count). The van der Waals surface area contributed by atoms with Crippen LogP contribution >= 0.6 is 0 Å². The first-order valence-electron chi connectivity index (χ1n) is 13.1. The molecular weight excluding hydrogens is 474 g/mol. The first-order chi connectivity index (χ1) is 17.6. The Balaban J connectivity index is 1.43. The number of fused-ring (bicyclic) bond motifs is 1. The largest absolute Gasteiger partial charge is 0.461 e. The number of hydrogen-bond acceptors (Lipinski definition) is 9. The molecule has 0 aromatic carbocycles. The molecule has 0 aliphatic heterocycles. The number of ether oxygens (including phenoxy) is 1. The van der Waals surface area contributed by atoms with Gasteiger partial charge in [-0.15, -0.1) is 0 Å². The maximum Gasteiger partial charge on any atom is 0.319 e. The summed E-state index contributed by atoms with van der Waals surface area (Å²) in [5, 5.41) is 8.19. The minimum absolute atomic E-state index is 0.00736. The number of carbonyl (C=O) groups is 3. The molecule has 2 saturated carbocycles. The third kappa shape index (κ3) is 5.51. The van der Waals surface area contributed by atoms with Crippen molar-refractivity contribution < 1.29 is 19.1 Å². The van der Waals surface area contributed by atoms with Crippen LogP contribution in [0.1, 0.15) is 91.0 Å². The highest BCUT2D eigenvalue weighted by atomic mass is 16.5. The van der Waals surface area contributed by atoms with Crippen molar-refractivity contribution >= 4 is 23.5 Å². The average Bonchev–Trinajstić information content (AvgIpc) is 3.59. The standard InChI is InChI=1S/C26H35N7O4/c1-26(2)10-18-22(19(34)11-26)17(9-14-3-4-14)32-33(18)20-13-29-23(24(28)36)25(31-20)30-15-5-7-16(8-6-15)37-21(35)12-27/h13-16H,3-12,27H2,1-2H3,(H2,28,36)(H,30,31). The van der Waals surface area contributed by atoms with Crippen LogP contribution in [0.25, 0.3) is 5.82 Å². The highest BCUT2D eigenvalue weighted by molar-refractivity contribution is 6.00. The van der Waals surface area contributed by atoms with Gasteiger partial charge < -0.3 is 21.5 Å².